The van der Waals surface area contributed by atoms with Crippen LogP contribution in [0.5, 0.6) is 5.75 Å². The molecule has 0 heterocycles. The number of carbonyl (C=O) groups excluding carboxylic acids is 1. The Morgan fingerprint density at radius 2 is 2.21 bits per heavy atom. The van der Waals surface area contributed by atoms with E-state index >= 15 is 0 Å². The summed E-state index contributed by atoms with van der Waals surface area (Å²) in [6, 6.07) is 3.74. The Bertz CT molecular complexity index is 511. The number of carbonyl (C=O) groups is 1. The molecular formula is C12H11F2NO4. The van der Waals surface area contributed by atoms with Crippen LogP contribution in [0.3, 0.4) is 0 Å². The summed E-state index contributed by atoms with van der Waals surface area (Å²) in [5, 5.41) is 18.1. The lowest BCUT2D eigenvalue weighted by Crippen LogP contribution is -2.11. The molecule has 0 saturated carbocycles. The quantitative estimate of drug-likeness (QED) is 0.826. The van der Waals surface area contributed by atoms with Gasteiger partial charge in [0.15, 0.2) is 0 Å². The number of nitriles is 1. The van der Waals surface area contributed by atoms with Gasteiger partial charge < -0.3 is 14.6 Å². The lowest BCUT2D eigenvalue weighted by molar-refractivity contribution is -0.0499. The molecule has 7 heteroatoms. The van der Waals surface area contributed by atoms with E-state index in [4.69, 9.17) is 10.00 Å². The van der Waals surface area contributed by atoms with Crippen molar-refractivity contribution in [2.45, 2.75) is 20.1 Å². The van der Waals surface area contributed by atoms with Gasteiger partial charge in [0.05, 0.1) is 30.4 Å². The first-order valence-corrected chi connectivity index (χ1v) is 5.33. The number of rotatable bonds is 5. The second kappa shape index (κ2) is 6.66. The summed E-state index contributed by atoms with van der Waals surface area (Å²) in [6.07, 6.45) is 0. The average molecular weight is 271 g/mol. The zero-order chi connectivity index (χ0) is 14.4. The van der Waals surface area contributed by atoms with E-state index in [9.17, 15) is 18.7 Å². The lowest BCUT2D eigenvalue weighted by Gasteiger charge is -2.12. The van der Waals surface area contributed by atoms with Gasteiger partial charge in [-0.25, -0.2) is 4.79 Å². The Hall–Kier alpha value is -2.20. The van der Waals surface area contributed by atoms with E-state index in [-0.39, 0.29) is 29.0 Å². The van der Waals surface area contributed by atoms with E-state index in [0.29, 0.717) is 0 Å². The second-order valence-electron chi connectivity index (χ2n) is 3.37. The van der Waals surface area contributed by atoms with E-state index < -0.39 is 19.2 Å². The minimum Gasteiger partial charge on any atom is -0.462 e. The van der Waals surface area contributed by atoms with Crippen LogP contribution in [-0.4, -0.2) is 24.3 Å². The van der Waals surface area contributed by atoms with Gasteiger partial charge in [-0.3, -0.25) is 0 Å². The molecular weight excluding hydrogens is 260 g/mol. The third-order valence-electron chi connectivity index (χ3n) is 2.22. The summed E-state index contributed by atoms with van der Waals surface area (Å²) in [5.41, 5.74) is -0.273. The van der Waals surface area contributed by atoms with Crippen LogP contribution in [0, 0.1) is 11.3 Å². The van der Waals surface area contributed by atoms with Crippen LogP contribution >= 0.6 is 0 Å². The normalized spacial score (nSPS) is 10.1. The molecule has 19 heavy (non-hydrogen) atoms. The molecule has 0 aromatic heterocycles. The van der Waals surface area contributed by atoms with Crippen molar-refractivity contribution in [3.63, 3.8) is 0 Å². The van der Waals surface area contributed by atoms with Crippen LogP contribution in [0.1, 0.15) is 28.4 Å². The van der Waals surface area contributed by atoms with Gasteiger partial charge in [-0.15, -0.1) is 0 Å². The molecule has 0 aliphatic rings. The van der Waals surface area contributed by atoms with E-state index in [1.54, 1.807) is 13.0 Å². The van der Waals surface area contributed by atoms with Crippen molar-refractivity contribution >= 4 is 5.97 Å². The number of halogens is 2. The molecule has 0 radical (unpaired) electrons. The third-order valence-corrected chi connectivity index (χ3v) is 2.22. The summed E-state index contributed by atoms with van der Waals surface area (Å²) in [7, 11) is 0. The Kier molecular flexibility index (Phi) is 5.21. The number of hydrogen-bond acceptors (Lipinski definition) is 5. The SMILES string of the molecule is CCOC(=O)c1cc(OC(F)F)cc(C#N)c1CO. The van der Waals surface area contributed by atoms with E-state index in [1.807, 2.05) is 0 Å². The highest BCUT2D eigenvalue weighted by atomic mass is 19.3. The van der Waals surface area contributed by atoms with E-state index in [0.717, 1.165) is 12.1 Å². The van der Waals surface area contributed by atoms with Gasteiger partial charge in [-0.1, -0.05) is 0 Å². The summed E-state index contributed by atoms with van der Waals surface area (Å²) in [5.74, 6) is -1.16. The molecule has 102 valence electrons. The zero-order valence-corrected chi connectivity index (χ0v) is 10.0. The topological polar surface area (TPSA) is 79.5 Å². The molecule has 0 bridgehead atoms. The average Bonchev–Trinajstić information content (AvgIpc) is 2.37. The van der Waals surface area contributed by atoms with Gasteiger partial charge in [0, 0.05) is 5.56 Å². The summed E-state index contributed by atoms with van der Waals surface area (Å²) in [4.78, 5) is 11.6. The molecule has 5 nitrogen and oxygen atoms in total. The van der Waals surface area contributed by atoms with Crippen molar-refractivity contribution in [3.8, 4) is 11.8 Å². The number of aliphatic hydroxyl groups is 1. The number of esters is 1. The van der Waals surface area contributed by atoms with Gasteiger partial charge in [0.1, 0.15) is 5.75 Å². The maximum atomic E-state index is 12.1. The van der Waals surface area contributed by atoms with Gasteiger partial charge in [-0.2, -0.15) is 14.0 Å². The highest BCUT2D eigenvalue weighted by molar-refractivity contribution is 5.92. The fourth-order valence-electron chi connectivity index (χ4n) is 1.48. The highest BCUT2D eigenvalue weighted by Crippen LogP contribution is 2.24. The van der Waals surface area contributed by atoms with Crippen LogP contribution in [0.25, 0.3) is 0 Å². The predicted octanol–water partition coefficient (Wildman–Crippen LogP) is 1.83. The van der Waals surface area contributed by atoms with Crippen molar-refractivity contribution in [3.05, 3.63) is 28.8 Å². The summed E-state index contributed by atoms with van der Waals surface area (Å²) >= 11 is 0. The molecule has 1 aromatic carbocycles. The molecule has 0 atom stereocenters. The molecule has 1 N–H and O–H groups in total. The standard InChI is InChI=1S/C12H11F2NO4/c1-2-18-11(17)9-4-8(19-12(13)14)3-7(5-15)10(9)6-16/h3-4,12,16H,2,6H2,1H3. The molecule has 1 rings (SSSR count). The maximum Gasteiger partial charge on any atom is 0.387 e. The van der Waals surface area contributed by atoms with Crippen molar-refractivity contribution in [2.24, 2.45) is 0 Å². The molecule has 0 fully saturated rings. The number of nitrogens with zero attached hydrogens (tertiary/aromatic N) is 1. The highest BCUT2D eigenvalue weighted by Gasteiger charge is 2.19. The number of alkyl halides is 2. The van der Waals surface area contributed by atoms with Gasteiger partial charge in [0.2, 0.25) is 0 Å². The maximum absolute atomic E-state index is 12.1. The van der Waals surface area contributed by atoms with E-state index in [1.165, 1.54) is 0 Å². The minimum absolute atomic E-state index is 0.0163. The van der Waals surface area contributed by atoms with Crippen LogP contribution in [0.4, 0.5) is 8.78 Å². The smallest absolute Gasteiger partial charge is 0.387 e. The zero-order valence-electron chi connectivity index (χ0n) is 10.0. The first-order chi connectivity index (χ1) is 9.03. The van der Waals surface area contributed by atoms with Crippen molar-refractivity contribution in [1.29, 1.82) is 5.26 Å². The summed E-state index contributed by atoms with van der Waals surface area (Å²) in [6.45, 7) is -2.03. The number of aliphatic hydroxyl groups excluding tert-OH is 1. The molecule has 0 amide bonds. The Balaban J connectivity index is 3.32. The van der Waals surface area contributed by atoms with Gasteiger partial charge in [-0.05, 0) is 19.1 Å². The third kappa shape index (κ3) is 3.63. The largest absolute Gasteiger partial charge is 0.462 e. The predicted molar refractivity (Wildman–Crippen MR) is 59.7 cm³/mol. The Labute approximate surface area is 108 Å². The van der Waals surface area contributed by atoms with Crippen LogP contribution in [0.2, 0.25) is 0 Å². The van der Waals surface area contributed by atoms with Crippen molar-refractivity contribution < 1.29 is 28.2 Å². The van der Waals surface area contributed by atoms with Gasteiger partial charge >= 0.3 is 12.6 Å². The Morgan fingerprint density at radius 3 is 2.68 bits per heavy atom. The first kappa shape index (κ1) is 14.9. The fourth-order valence-corrected chi connectivity index (χ4v) is 1.48. The minimum atomic E-state index is -3.08. The summed E-state index contributed by atoms with van der Waals surface area (Å²) < 4.78 is 33.2. The fraction of sp³-hybridized carbons (Fsp3) is 0.333. The molecule has 0 unspecified atom stereocenters. The molecule has 0 saturated heterocycles. The van der Waals surface area contributed by atoms with Crippen molar-refractivity contribution in [1.82, 2.24) is 0 Å². The van der Waals surface area contributed by atoms with Crippen LogP contribution in [0.15, 0.2) is 12.1 Å². The molecule has 0 spiro atoms. The lowest BCUT2D eigenvalue weighted by atomic mass is 10.0. The van der Waals surface area contributed by atoms with Gasteiger partial charge in [0.25, 0.3) is 0 Å². The van der Waals surface area contributed by atoms with Crippen molar-refractivity contribution in [2.75, 3.05) is 6.61 Å². The first-order valence-electron chi connectivity index (χ1n) is 5.33. The van der Waals surface area contributed by atoms with E-state index in [2.05, 4.69) is 4.74 Å². The number of ether oxygens (including phenoxy) is 2. The molecule has 0 aliphatic heterocycles. The number of benzene rings is 1. The number of hydrogen-bond donors (Lipinski definition) is 1. The monoisotopic (exact) mass is 271 g/mol. The van der Waals surface area contributed by atoms with Crippen LogP contribution in [-0.2, 0) is 11.3 Å². The molecule has 0 aliphatic carbocycles. The Morgan fingerprint density at radius 1 is 1.53 bits per heavy atom. The second-order valence-corrected chi connectivity index (χ2v) is 3.37. The van der Waals surface area contributed by atoms with Crippen LogP contribution < -0.4 is 4.74 Å². The molecule has 1 aromatic rings.